The molecule has 0 radical (unpaired) electrons. The van der Waals surface area contributed by atoms with Gasteiger partial charge in [0.15, 0.2) is 5.82 Å². The summed E-state index contributed by atoms with van der Waals surface area (Å²) < 4.78 is 1.92. The van der Waals surface area contributed by atoms with Crippen LogP contribution in [0.4, 0.5) is 5.69 Å². The van der Waals surface area contributed by atoms with E-state index >= 15 is 0 Å². The van der Waals surface area contributed by atoms with Crippen LogP contribution >= 0.6 is 11.6 Å². The Bertz CT molecular complexity index is 657. The zero-order valence-corrected chi connectivity index (χ0v) is 11.8. The molecule has 0 unspecified atom stereocenters. The molecule has 1 heterocycles. The molecule has 1 aromatic carbocycles. The van der Waals surface area contributed by atoms with Crippen molar-refractivity contribution < 1.29 is 0 Å². The van der Waals surface area contributed by atoms with Gasteiger partial charge in [-0.1, -0.05) is 11.6 Å². The van der Waals surface area contributed by atoms with Crippen LogP contribution in [-0.2, 0) is 6.54 Å². The second-order valence-corrected chi connectivity index (χ2v) is 6.44. The number of anilines is 1. The summed E-state index contributed by atoms with van der Waals surface area (Å²) in [4.78, 5) is 0. The molecule has 2 aliphatic carbocycles. The van der Waals surface area contributed by atoms with Crippen molar-refractivity contribution in [3.63, 3.8) is 0 Å². The predicted molar refractivity (Wildman–Crippen MR) is 77.1 cm³/mol. The number of nitrogen functional groups attached to an aromatic ring is 1. The molecular formula is C14H16ClN5. The molecule has 2 saturated carbocycles. The van der Waals surface area contributed by atoms with Crippen LogP contribution in [0.1, 0.15) is 25.7 Å². The Labute approximate surface area is 122 Å². The zero-order chi connectivity index (χ0) is 13.7. The molecule has 1 aromatic heterocycles. The molecule has 2 aliphatic rings. The van der Waals surface area contributed by atoms with Crippen LogP contribution in [0.25, 0.3) is 11.4 Å². The molecule has 0 spiro atoms. The smallest absolute Gasteiger partial charge is 0.182 e. The Balaban J connectivity index is 1.66. The molecule has 104 valence electrons. The summed E-state index contributed by atoms with van der Waals surface area (Å²) >= 11 is 5.96. The van der Waals surface area contributed by atoms with Gasteiger partial charge >= 0.3 is 0 Å². The minimum absolute atomic E-state index is 0.460. The number of benzene rings is 1. The lowest BCUT2D eigenvalue weighted by Crippen LogP contribution is -2.16. The first-order valence-electron chi connectivity index (χ1n) is 6.99. The topological polar surface area (TPSA) is 69.6 Å². The van der Waals surface area contributed by atoms with Gasteiger partial charge in [0, 0.05) is 5.56 Å². The van der Waals surface area contributed by atoms with Gasteiger partial charge in [0.1, 0.15) is 0 Å². The number of aromatic nitrogens is 4. The first-order valence-corrected chi connectivity index (χ1v) is 7.37. The van der Waals surface area contributed by atoms with Crippen molar-refractivity contribution in [2.24, 2.45) is 11.3 Å². The van der Waals surface area contributed by atoms with Crippen LogP contribution in [0.3, 0.4) is 0 Å². The summed E-state index contributed by atoms with van der Waals surface area (Å²) in [5, 5.41) is 12.7. The minimum atomic E-state index is 0.460. The summed E-state index contributed by atoms with van der Waals surface area (Å²) in [5.41, 5.74) is 7.80. The number of nitrogens with zero attached hydrogens (tertiary/aromatic N) is 4. The van der Waals surface area contributed by atoms with Gasteiger partial charge in [0.25, 0.3) is 0 Å². The number of hydrogen-bond donors (Lipinski definition) is 1. The molecule has 0 saturated heterocycles. The summed E-state index contributed by atoms with van der Waals surface area (Å²) in [5.74, 6) is 1.66. The van der Waals surface area contributed by atoms with Crippen molar-refractivity contribution in [2.75, 3.05) is 5.73 Å². The van der Waals surface area contributed by atoms with Crippen molar-refractivity contribution >= 4 is 17.3 Å². The van der Waals surface area contributed by atoms with E-state index in [1.54, 1.807) is 6.07 Å². The third-order valence-electron chi connectivity index (χ3n) is 4.59. The molecular weight excluding hydrogens is 274 g/mol. The Morgan fingerprint density at radius 2 is 2.15 bits per heavy atom. The second kappa shape index (κ2) is 4.19. The van der Waals surface area contributed by atoms with Crippen molar-refractivity contribution in [1.29, 1.82) is 0 Å². The quantitative estimate of drug-likeness (QED) is 0.879. The average Bonchev–Trinajstić information content (AvgIpc) is 3.32. The Morgan fingerprint density at radius 1 is 1.35 bits per heavy atom. The first kappa shape index (κ1) is 12.1. The Morgan fingerprint density at radius 3 is 2.80 bits per heavy atom. The number of tetrazole rings is 1. The van der Waals surface area contributed by atoms with E-state index in [2.05, 4.69) is 15.5 Å². The molecule has 2 N–H and O–H groups in total. The van der Waals surface area contributed by atoms with Gasteiger partial charge in [-0.2, -0.15) is 0 Å². The van der Waals surface area contributed by atoms with E-state index in [1.807, 2.05) is 16.8 Å². The molecule has 0 atom stereocenters. The van der Waals surface area contributed by atoms with Crippen LogP contribution in [-0.4, -0.2) is 20.2 Å². The van der Waals surface area contributed by atoms with Gasteiger partial charge < -0.3 is 5.73 Å². The van der Waals surface area contributed by atoms with E-state index in [9.17, 15) is 0 Å². The lowest BCUT2D eigenvalue weighted by molar-refractivity contribution is 0.348. The molecule has 0 aliphatic heterocycles. The average molecular weight is 290 g/mol. The van der Waals surface area contributed by atoms with E-state index in [-0.39, 0.29) is 0 Å². The molecule has 0 bridgehead atoms. The van der Waals surface area contributed by atoms with Gasteiger partial charge in [-0.15, -0.1) is 5.10 Å². The lowest BCUT2D eigenvalue weighted by atomic mass is 10.0. The van der Waals surface area contributed by atoms with E-state index in [4.69, 9.17) is 17.3 Å². The second-order valence-electron chi connectivity index (χ2n) is 6.03. The van der Waals surface area contributed by atoms with E-state index in [1.165, 1.54) is 25.7 Å². The summed E-state index contributed by atoms with van der Waals surface area (Å²) in [7, 11) is 0. The normalized spacial score (nSPS) is 20.1. The summed E-state index contributed by atoms with van der Waals surface area (Å²) in [6.45, 7) is 0.919. The predicted octanol–water partition coefficient (Wildman–Crippen LogP) is 2.77. The molecule has 6 heteroatoms. The maximum atomic E-state index is 5.96. The van der Waals surface area contributed by atoms with Crippen molar-refractivity contribution in [3.05, 3.63) is 23.2 Å². The maximum Gasteiger partial charge on any atom is 0.182 e. The zero-order valence-electron chi connectivity index (χ0n) is 11.1. The fraction of sp³-hybridized carbons (Fsp3) is 0.500. The van der Waals surface area contributed by atoms with Crippen LogP contribution in [0, 0.1) is 11.3 Å². The monoisotopic (exact) mass is 289 g/mol. The Hall–Kier alpha value is -1.62. The fourth-order valence-corrected chi connectivity index (χ4v) is 3.17. The highest BCUT2D eigenvalue weighted by Gasteiger charge is 2.54. The molecule has 2 aromatic rings. The van der Waals surface area contributed by atoms with Gasteiger partial charge in [0.2, 0.25) is 0 Å². The van der Waals surface area contributed by atoms with Crippen molar-refractivity contribution in [1.82, 2.24) is 20.2 Å². The third kappa shape index (κ3) is 1.97. The number of rotatable bonds is 4. The summed E-state index contributed by atoms with van der Waals surface area (Å²) in [6, 6.07) is 5.54. The minimum Gasteiger partial charge on any atom is -0.398 e. The highest BCUT2D eigenvalue weighted by molar-refractivity contribution is 6.33. The maximum absolute atomic E-state index is 5.96. The Kier molecular flexibility index (Phi) is 2.54. The van der Waals surface area contributed by atoms with Crippen LogP contribution in [0.2, 0.25) is 5.02 Å². The van der Waals surface area contributed by atoms with Gasteiger partial charge in [0.05, 0.1) is 17.3 Å². The molecule has 4 rings (SSSR count). The van der Waals surface area contributed by atoms with E-state index < -0.39 is 0 Å². The summed E-state index contributed by atoms with van der Waals surface area (Å²) in [6.07, 6.45) is 5.34. The molecule has 20 heavy (non-hydrogen) atoms. The van der Waals surface area contributed by atoms with Gasteiger partial charge in [-0.25, -0.2) is 4.68 Å². The number of hydrogen-bond acceptors (Lipinski definition) is 4. The first-order chi connectivity index (χ1) is 9.68. The van der Waals surface area contributed by atoms with E-state index in [0.29, 0.717) is 16.1 Å². The molecule has 0 amide bonds. The molecule has 5 nitrogen and oxygen atoms in total. The van der Waals surface area contributed by atoms with Crippen molar-refractivity contribution in [2.45, 2.75) is 32.2 Å². The highest BCUT2D eigenvalue weighted by Crippen LogP contribution is 2.62. The number of nitrogens with two attached hydrogens (primary N) is 1. The lowest BCUT2D eigenvalue weighted by Gasteiger charge is -2.14. The van der Waals surface area contributed by atoms with Gasteiger partial charge in [-0.05, 0) is 65.6 Å². The standard InChI is InChI=1S/C14H16ClN5/c15-11-4-1-9(7-12(11)16)13-17-18-19-20(13)8-14(5-6-14)10-2-3-10/h1,4,7,10H,2-3,5-6,8,16H2. The van der Waals surface area contributed by atoms with Crippen LogP contribution in [0.5, 0.6) is 0 Å². The van der Waals surface area contributed by atoms with E-state index in [0.717, 1.165) is 23.9 Å². The third-order valence-corrected chi connectivity index (χ3v) is 4.93. The van der Waals surface area contributed by atoms with Crippen LogP contribution in [0.15, 0.2) is 18.2 Å². The number of halogens is 1. The van der Waals surface area contributed by atoms with Crippen LogP contribution < -0.4 is 5.73 Å². The van der Waals surface area contributed by atoms with Crippen molar-refractivity contribution in [3.8, 4) is 11.4 Å². The highest BCUT2D eigenvalue weighted by atomic mass is 35.5. The fourth-order valence-electron chi connectivity index (χ4n) is 3.05. The largest absolute Gasteiger partial charge is 0.398 e. The molecule has 2 fully saturated rings. The van der Waals surface area contributed by atoms with Gasteiger partial charge in [-0.3, -0.25) is 0 Å². The SMILES string of the molecule is Nc1cc(-c2nnnn2CC2(C3CC3)CC2)ccc1Cl.